The molecule has 0 saturated carbocycles. The largest absolute Gasteiger partial charge is 0.573 e. The summed E-state index contributed by atoms with van der Waals surface area (Å²) < 4.78 is 39.3. The number of benzene rings is 1. The molecule has 1 rings (SSSR count). The second-order valence-corrected chi connectivity index (χ2v) is 2.37. The predicted octanol–water partition coefficient (Wildman–Crippen LogP) is 3.16. The number of rotatable bonds is 2. The summed E-state index contributed by atoms with van der Waals surface area (Å²) in [5, 5.41) is 0. The zero-order valence-electron chi connectivity index (χ0n) is 6.93. The zero-order chi connectivity index (χ0) is 9.90. The highest BCUT2D eigenvalue weighted by Gasteiger charge is 2.31. The molecule has 1 radical (unpaired) electrons. The van der Waals surface area contributed by atoms with Crippen LogP contribution in [-0.2, 0) is 0 Å². The lowest BCUT2D eigenvalue weighted by Crippen LogP contribution is -2.17. The van der Waals surface area contributed by atoms with Crippen LogP contribution in [0.15, 0.2) is 24.3 Å². The maximum Gasteiger partial charge on any atom is 0.573 e. The van der Waals surface area contributed by atoms with Crippen LogP contribution >= 0.6 is 0 Å². The highest BCUT2D eigenvalue weighted by atomic mass is 19.4. The molecule has 0 aliphatic heterocycles. The molecule has 0 aliphatic rings. The topological polar surface area (TPSA) is 9.23 Å². The Labute approximate surface area is 74.1 Å². The fraction of sp³-hybridized carbons (Fsp3) is 0.222. The van der Waals surface area contributed by atoms with E-state index in [1.165, 1.54) is 12.1 Å². The summed E-state index contributed by atoms with van der Waals surface area (Å²) in [6.45, 7) is 1.65. The maximum absolute atomic E-state index is 11.8. The first-order chi connectivity index (χ1) is 6.03. The van der Waals surface area contributed by atoms with E-state index in [9.17, 15) is 13.2 Å². The Kier molecular flexibility index (Phi) is 2.80. The van der Waals surface area contributed by atoms with Crippen molar-refractivity contribution in [2.75, 3.05) is 0 Å². The van der Waals surface area contributed by atoms with E-state index in [-0.39, 0.29) is 5.75 Å². The minimum atomic E-state index is -4.63. The van der Waals surface area contributed by atoms with Gasteiger partial charge < -0.3 is 4.74 Å². The van der Waals surface area contributed by atoms with E-state index in [2.05, 4.69) is 4.74 Å². The van der Waals surface area contributed by atoms with Crippen molar-refractivity contribution in [3.63, 3.8) is 0 Å². The number of hydrogen-bond donors (Lipinski definition) is 0. The van der Waals surface area contributed by atoms with Crippen LogP contribution in [0.2, 0.25) is 0 Å². The van der Waals surface area contributed by atoms with Gasteiger partial charge in [0.15, 0.2) is 0 Å². The van der Waals surface area contributed by atoms with Crippen LogP contribution in [-0.4, -0.2) is 6.36 Å². The van der Waals surface area contributed by atoms with E-state index in [0.29, 0.717) is 5.56 Å². The summed E-state index contributed by atoms with van der Waals surface area (Å²) in [5.41, 5.74) is 0.430. The van der Waals surface area contributed by atoms with Crippen LogP contribution in [0.1, 0.15) is 12.5 Å². The van der Waals surface area contributed by atoms with Crippen molar-refractivity contribution in [1.82, 2.24) is 0 Å². The van der Waals surface area contributed by atoms with E-state index < -0.39 is 6.36 Å². The lowest BCUT2D eigenvalue weighted by atomic mass is 10.1. The molecule has 0 aromatic heterocycles. The van der Waals surface area contributed by atoms with Crippen LogP contribution in [0.3, 0.4) is 0 Å². The second-order valence-electron chi connectivity index (χ2n) is 2.37. The molecule has 1 nitrogen and oxygen atoms in total. The molecule has 0 bridgehead atoms. The highest BCUT2D eigenvalue weighted by molar-refractivity contribution is 5.37. The fourth-order valence-electron chi connectivity index (χ4n) is 0.937. The average molecular weight is 189 g/mol. The highest BCUT2D eigenvalue weighted by Crippen LogP contribution is 2.26. The molecule has 0 spiro atoms. The first-order valence-electron chi connectivity index (χ1n) is 3.67. The minimum Gasteiger partial charge on any atom is -0.405 e. The van der Waals surface area contributed by atoms with Crippen LogP contribution in [0.5, 0.6) is 5.75 Å². The molecule has 4 heteroatoms. The standard InChI is InChI=1S/C9H8F3O/c1-2-7-5-3-4-6-8(7)13-9(10,11)12/h2-6H,1H3. The molecule has 0 saturated heterocycles. The average Bonchev–Trinajstić information content (AvgIpc) is 2.02. The maximum atomic E-state index is 11.8. The van der Waals surface area contributed by atoms with Gasteiger partial charge in [-0.25, -0.2) is 0 Å². The van der Waals surface area contributed by atoms with Crippen molar-refractivity contribution >= 4 is 0 Å². The zero-order valence-corrected chi connectivity index (χ0v) is 6.93. The Hall–Kier alpha value is -1.19. The van der Waals surface area contributed by atoms with E-state index >= 15 is 0 Å². The molecule has 0 unspecified atom stereocenters. The van der Waals surface area contributed by atoms with Gasteiger partial charge in [0, 0.05) is 0 Å². The van der Waals surface area contributed by atoms with Crippen LogP contribution in [0.4, 0.5) is 13.2 Å². The summed E-state index contributed by atoms with van der Waals surface area (Å²) in [7, 11) is 0. The third-order valence-corrected chi connectivity index (χ3v) is 1.46. The van der Waals surface area contributed by atoms with E-state index in [4.69, 9.17) is 0 Å². The molecule has 71 valence electrons. The van der Waals surface area contributed by atoms with Crippen LogP contribution < -0.4 is 4.74 Å². The third-order valence-electron chi connectivity index (χ3n) is 1.46. The van der Waals surface area contributed by atoms with Crippen molar-refractivity contribution < 1.29 is 17.9 Å². The first kappa shape index (κ1) is 9.89. The molecule has 1 aromatic carbocycles. The number of para-hydroxylation sites is 1. The number of alkyl halides is 3. The van der Waals surface area contributed by atoms with Gasteiger partial charge in [0.25, 0.3) is 0 Å². The summed E-state index contributed by atoms with van der Waals surface area (Å²) in [6, 6.07) is 5.98. The van der Waals surface area contributed by atoms with Gasteiger partial charge in [-0.1, -0.05) is 25.1 Å². The normalized spacial score (nSPS) is 11.4. The third kappa shape index (κ3) is 2.97. The molecule has 0 atom stereocenters. The van der Waals surface area contributed by atoms with Gasteiger partial charge in [-0.05, 0) is 18.1 Å². The monoisotopic (exact) mass is 189 g/mol. The Bertz CT molecular complexity index is 280. The Morgan fingerprint density at radius 3 is 2.38 bits per heavy atom. The number of hydrogen-bond acceptors (Lipinski definition) is 1. The van der Waals surface area contributed by atoms with Crippen LogP contribution in [0.25, 0.3) is 0 Å². The minimum absolute atomic E-state index is 0.169. The van der Waals surface area contributed by atoms with E-state index in [0.717, 1.165) is 0 Å². The summed E-state index contributed by atoms with van der Waals surface area (Å²) >= 11 is 0. The first-order valence-corrected chi connectivity index (χ1v) is 3.67. The van der Waals surface area contributed by atoms with Gasteiger partial charge in [0.1, 0.15) is 5.75 Å². The molecule has 13 heavy (non-hydrogen) atoms. The van der Waals surface area contributed by atoms with Crippen LogP contribution in [0, 0.1) is 6.42 Å². The van der Waals surface area contributed by atoms with Crippen molar-refractivity contribution in [2.45, 2.75) is 13.3 Å². The van der Waals surface area contributed by atoms with Crippen molar-refractivity contribution in [3.8, 4) is 5.75 Å². The number of ether oxygens (including phenoxy) is 1. The van der Waals surface area contributed by atoms with Crippen molar-refractivity contribution in [3.05, 3.63) is 36.2 Å². The van der Waals surface area contributed by atoms with Gasteiger partial charge in [-0.15, -0.1) is 13.2 Å². The molecular formula is C9H8F3O. The Morgan fingerprint density at radius 1 is 1.23 bits per heavy atom. The van der Waals surface area contributed by atoms with Crippen molar-refractivity contribution in [2.24, 2.45) is 0 Å². The lowest BCUT2D eigenvalue weighted by Gasteiger charge is -2.11. The van der Waals surface area contributed by atoms with E-state index in [1.807, 2.05) is 0 Å². The molecule has 0 N–H and O–H groups in total. The molecule has 0 fully saturated rings. The molecule has 0 aliphatic carbocycles. The summed E-state index contributed by atoms with van der Waals surface area (Å²) in [5.74, 6) is -0.169. The van der Waals surface area contributed by atoms with Gasteiger partial charge in [-0.2, -0.15) is 0 Å². The Morgan fingerprint density at radius 2 is 1.85 bits per heavy atom. The summed E-state index contributed by atoms with van der Waals surface area (Å²) in [6.07, 6.45) is -3.07. The molecule has 1 aromatic rings. The van der Waals surface area contributed by atoms with Crippen molar-refractivity contribution in [1.29, 1.82) is 0 Å². The molecule has 0 amide bonds. The fourth-order valence-corrected chi connectivity index (χ4v) is 0.937. The smallest absolute Gasteiger partial charge is 0.405 e. The predicted molar refractivity (Wildman–Crippen MR) is 42.2 cm³/mol. The lowest BCUT2D eigenvalue weighted by molar-refractivity contribution is -0.274. The Balaban J connectivity index is 2.87. The summed E-state index contributed by atoms with van der Waals surface area (Å²) in [4.78, 5) is 0. The van der Waals surface area contributed by atoms with Gasteiger partial charge in [0.05, 0.1) is 0 Å². The quantitative estimate of drug-likeness (QED) is 0.694. The van der Waals surface area contributed by atoms with Gasteiger partial charge in [0.2, 0.25) is 0 Å². The van der Waals surface area contributed by atoms with Gasteiger partial charge >= 0.3 is 6.36 Å². The van der Waals surface area contributed by atoms with Gasteiger partial charge in [-0.3, -0.25) is 0 Å². The van der Waals surface area contributed by atoms with E-state index in [1.54, 1.807) is 25.5 Å². The SMILES string of the molecule is C[CH]c1ccccc1OC(F)(F)F. The molecular weight excluding hydrogens is 181 g/mol. The number of halogens is 3. The molecule has 0 heterocycles. The second kappa shape index (κ2) is 3.68.